The van der Waals surface area contributed by atoms with Gasteiger partial charge in [0, 0.05) is 38.4 Å². The van der Waals surface area contributed by atoms with Gasteiger partial charge in [-0.3, -0.25) is 4.90 Å². The lowest BCUT2D eigenvalue weighted by molar-refractivity contribution is 0.161. The number of anilines is 1. The Morgan fingerprint density at radius 3 is 2.48 bits per heavy atom. The fraction of sp³-hybridized carbons (Fsp3) is 0.421. The van der Waals surface area contributed by atoms with Crippen LogP contribution in [0.5, 0.6) is 0 Å². The second-order valence-electron chi connectivity index (χ2n) is 6.27. The zero-order valence-electron chi connectivity index (χ0n) is 13.8. The molecule has 3 nitrogen and oxygen atoms in total. The van der Waals surface area contributed by atoms with Crippen molar-refractivity contribution in [2.75, 3.05) is 25.0 Å². The fourth-order valence-corrected chi connectivity index (χ4v) is 3.67. The van der Waals surface area contributed by atoms with Crippen LogP contribution in [0.4, 0.5) is 5.82 Å². The Kier molecular flexibility index (Phi) is 5.19. The van der Waals surface area contributed by atoms with Crippen LogP contribution in [0.2, 0.25) is 5.02 Å². The number of likely N-dealkylation sites (tertiary alicyclic amines) is 1. The monoisotopic (exact) mass is 329 g/mol. The number of hydrogen-bond acceptors (Lipinski definition) is 3. The quantitative estimate of drug-likeness (QED) is 0.829. The predicted octanol–water partition coefficient (Wildman–Crippen LogP) is 4.40. The van der Waals surface area contributed by atoms with E-state index in [0.717, 1.165) is 36.8 Å². The molecule has 0 amide bonds. The lowest BCUT2D eigenvalue weighted by Crippen LogP contribution is -2.44. The van der Waals surface area contributed by atoms with Crippen molar-refractivity contribution in [2.24, 2.45) is 0 Å². The smallest absolute Gasteiger partial charge is 0.147 e. The zero-order chi connectivity index (χ0) is 16.2. The van der Waals surface area contributed by atoms with Crippen LogP contribution in [-0.2, 0) is 0 Å². The molecule has 1 aliphatic heterocycles. The summed E-state index contributed by atoms with van der Waals surface area (Å²) in [6.45, 7) is 4.51. The summed E-state index contributed by atoms with van der Waals surface area (Å²) in [6.07, 6.45) is 4.09. The van der Waals surface area contributed by atoms with Crippen LogP contribution in [0.3, 0.4) is 0 Å². The van der Waals surface area contributed by atoms with Gasteiger partial charge < -0.3 is 4.90 Å². The Hall–Kier alpha value is -1.58. The molecular weight excluding hydrogens is 306 g/mol. The van der Waals surface area contributed by atoms with E-state index >= 15 is 0 Å². The maximum Gasteiger partial charge on any atom is 0.147 e. The SMILES string of the molecule is C[C@H](c1ccccc1)N1CCC(N(C)c2ncccc2Cl)CC1. The Bertz CT molecular complexity index is 624. The summed E-state index contributed by atoms with van der Waals surface area (Å²) in [6, 6.07) is 15.5. The second kappa shape index (κ2) is 7.33. The van der Waals surface area contributed by atoms with E-state index in [9.17, 15) is 0 Å². The van der Waals surface area contributed by atoms with Crippen LogP contribution < -0.4 is 4.90 Å². The van der Waals surface area contributed by atoms with Gasteiger partial charge in [-0.2, -0.15) is 0 Å². The molecule has 122 valence electrons. The molecule has 1 saturated heterocycles. The number of benzene rings is 1. The van der Waals surface area contributed by atoms with Crippen molar-refractivity contribution < 1.29 is 0 Å². The first-order chi connectivity index (χ1) is 11.2. The van der Waals surface area contributed by atoms with Crippen molar-refractivity contribution in [1.29, 1.82) is 0 Å². The van der Waals surface area contributed by atoms with Gasteiger partial charge in [0.05, 0.1) is 5.02 Å². The van der Waals surface area contributed by atoms with Crippen LogP contribution in [0.25, 0.3) is 0 Å². The number of aromatic nitrogens is 1. The third kappa shape index (κ3) is 3.67. The van der Waals surface area contributed by atoms with Gasteiger partial charge in [0.15, 0.2) is 0 Å². The summed E-state index contributed by atoms with van der Waals surface area (Å²) >= 11 is 6.28. The zero-order valence-corrected chi connectivity index (χ0v) is 14.6. The molecule has 4 heteroatoms. The topological polar surface area (TPSA) is 19.4 Å². The third-order valence-electron chi connectivity index (χ3n) is 4.95. The standard InChI is InChI=1S/C19H24ClN3/c1-15(16-7-4-3-5-8-16)23-13-10-17(11-14-23)22(2)19-18(20)9-6-12-21-19/h3-9,12,15,17H,10-11,13-14H2,1-2H3/t15-/m1/s1. The first-order valence-corrected chi connectivity index (χ1v) is 8.67. The van der Waals surface area contributed by atoms with E-state index in [2.05, 4.69) is 59.1 Å². The highest BCUT2D eigenvalue weighted by Crippen LogP contribution is 2.29. The van der Waals surface area contributed by atoms with E-state index in [-0.39, 0.29) is 0 Å². The summed E-state index contributed by atoms with van der Waals surface area (Å²) in [7, 11) is 2.11. The van der Waals surface area contributed by atoms with Gasteiger partial charge in [-0.15, -0.1) is 0 Å². The van der Waals surface area contributed by atoms with Gasteiger partial charge in [-0.05, 0) is 37.5 Å². The highest BCUT2D eigenvalue weighted by atomic mass is 35.5. The van der Waals surface area contributed by atoms with E-state index in [4.69, 9.17) is 11.6 Å². The maximum absolute atomic E-state index is 6.28. The Labute approximate surface area is 143 Å². The van der Waals surface area contributed by atoms with Crippen LogP contribution in [0, 0.1) is 0 Å². The number of pyridine rings is 1. The molecule has 2 aromatic rings. The van der Waals surface area contributed by atoms with E-state index in [1.165, 1.54) is 5.56 Å². The molecule has 1 aliphatic rings. The van der Waals surface area contributed by atoms with Crippen molar-refractivity contribution in [2.45, 2.75) is 31.8 Å². The molecule has 0 bridgehead atoms. The molecule has 1 atom stereocenters. The van der Waals surface area contributed by atoms with Crippen molar-refractivity contribution in [3.8, 4) is 0 Å². The number of hydrogen-bond donors (Lipinski definition) is 0. The number of halogens is 1. The van der Waals surface area contributed by atoms with Crippen molar-refractivity contribution in [3.63, 3.8) is 0 Å². The molecule has 0 unspecified atom stereocenters. The summed E-state index contributed by atoms with van der Waals surface area (Å²) in [5.41, 5.74) is 1.40. The molecule has 1 aromatic heterocycles. The summed E-state index contributed by atoms with van der Waals surface area (Å²) in [5, 5.41) is 0.732. The largest absolute Gasteiger partial charge is 0.355 e. The van der Waals surface area contributed by atoms with Crippen LogP contribution in [-0.4, -0.2) is 36.1 Å². The molecule has 0 saturated carbocycles. The molecule has 0 aliphatic carbocycles. The average Bonchev–Trinajstić information content (AvgIpc) is 2.62. The third-order valence-corrected chi connectivity index (χ3v) is 5.24. The van der Waals surface area contributed by atoms with E-state index in [1.807, 2.05) is 18.3 Å². The minimum Gasteiger partial charge on any atom is -0.355 e. The Morgan fingerprint density at radius 1 is 1.13 bits per heavy atom. The predicted molar refractivity (Wildman–Crippen MR) is 97.1 cm³/mol. The highest BCUT2D eigenvalue weighted by Gasteiger charge is 2.26. The molecule has 1 fully saturated rings. The van der Waals surface area contributed by atoms with Crippen LogP contribution in [0.1, 0.15) is 31.4 Å². The lowest BCUT2D eigenvalue weighted by Gasteiger charge is -2.40. The highest BCUT2D eigenvalue weighted by molar-refractivity contribution is 6.32. The second-order valence-corrected chi connectivity index (χ2v) is 6.68. The van der Waals surface area contributed by atoms with Crippen LogP contribution in [0.15, 0.2) is 48.7 Å². The van der Waals surface area contributed by atoms with Crippen molar-refractivity contribution in [1.82, 2.24) is 9.88 Å². The molecule has 3 rings (SSSR count). The fourth-order valence-electron chi connectivity index (χ4n) is 3.41. The number of rotatable bonds is 4. The molecule has 0 radical (unpaired) electrons. The van der Waals surface area contributed by atoms with Gasteiger partial charge in [0.2, 0.25) is 0 Å². The van der Waals surface area contributed by atoms with E-state index < -0.39 is 0 Å². The van der Waals surface area contributed by atoms with Crippen molar-refractivity contribution >= 4 is 17.4 Å². The minimum atomic E-state index is 0.473. The normalized spacial score (nSPS) is 17.9. The summed E-state index contributed by atoms with van der Waals surface area (Å²) in [4.78, 5) is 9.25. The Balaban J connectivity index is 1.61. The number of nitrogens with zero attached hydrogens (tertiary/aromatic N) is 3. The van der Waals surface area contributed by atoms with E-state index in [1.54, 1.807) is 0 Å². The lowest BCUT2D eigenvalue weighted by atomic mass is 9.99. The first kappa shape index (κ1) is 16.3. The van der Waals surface area contributed by atoms with Gasteiger partial charge in [0.25, 0.3) is 0 Å². The van der Waals surface area contributed by atoms with Gasteiger partial charge in [-0.25, -0.2) is 4.98 Å². The average molecular weight is 330 g/mol. The van der Waals surface area contributed by atoms with Gasteiger partial charge in [-0.1, -0.05) is 41.9 Å². The Morgan fingerprint density at radius 2 is 1.83 bits per heavy atom. The van der Waals surface area contributed by atoms with Crippen LogP contribution >= 0.6 is 11.6 Å². The molecule has 2 heterocycles. The molecule has 1 aromatic carbocycles. The first-order valence-electron chi connectivity index (χ1n) is 8.29. The van der Waals surface area contributed by atoms with E-state index in [0.29, 0.717) is 12.1 Å². The summed E-state index contributed by atoms with van der Waals surface area (Å²) in [5.74, 6) is 0.892. The van der Waals surface area contributed by atoms with Gasteiger partial charge >= 0.3 is 0 Å². The molecule has 0 spiro atoms. The van der Waals surface area contributed by atoms with Crippen molar-refractivity contribution in [3.05, 3.63) is 59.2 Å². The minimum absolute atomic E-state index is 0.473. The maximum atomic E-state index is 6.28. The molecule has 23 heavy (non-hydrogen) atoms. The number of piperidine rings is 1. The molecule has 0 N–H and O–H groups in total. The molecular formula is C19H24ClN3. The summed E-state index contributed by atoms with van der Waals surface area (Å²) < 4.78 is 0. The van der Waals surface area contributed by atoms with Gasteiger partial charge in [0.1, 0.15) is 5.82 Å².